The van der Waals surface area contributed by atoms with Crippen LogP contribution in [0.25, 0.3) is 0 Å². The molecule has 0 aliphatic carbocycles. The van der Waals surface area contributed by atoms with Crippen LogP contribution in [0.4, 0.5) is 0 Å². The van der Waals surface area contributed by atoms with Crippen molar-refractivity contribution in [2.24, 2.45) is 5.92 Å². The number of ether oxygens (including phenoxy) is 2. The molecule has 4 nitrogen and oxygen atoms in total. The molecule has 2 heterocycles. The molecule has 0 unspecified atom stereocenters. The molecule has 1 aromatic rings. The van der Waals surface area contributed by atoms with Gasteiger partial charge in [-0.05, 0) is 43.0 Å². The van der Waals surface area contributed by atoms with E-state index in [9.17, 15) is 5.11 Å². The number of aliphatic hydroxyl groups excluding tert-OH is 1. The predicted molar refractivity (Wildman–Crippen MR) is 67.7 cm³/mol. The molecular weight excluding hydrogens is 230 g/mol. The number of nitrogens with zero attached hydrogens (tertiary/aromatic N) is 1. The Balaban J connectivity index is 1.65. The Morgan fingerprint density at radius 3 is 3.06 bits per heavy atom. The van der Waals surface area contributed by atoms with E-state index in [2.05, 4.69) is 17.0 Å². The fourth-order valence-corrected chi connectivity index (χ4v) is 2.74. The Labute approximate surface area is 107 Å². The van der Waals surface area contributed by atoms with E-state index in [1.165, 1.54) is 12.0 Å². The fourth-order valence-electron chi connectivity index (χ4n) is 2.74. The Hall–Kier alpha value is -1.26. The molecule has 98 valence electrons. The minimum atomic E-state index is 0.303. The van der Waals surface area contributed by atoms with Crippen LogP contribution in [0.15, 0.2) is 18.2 Å². The highest BCUT2D eigenvalue weighted by atomic mass is 16.7. The first-order valence-corrected chi connectivity index (χ1v) is 6.57. The van der Waals surface area contributed by atoms with Gasteiger partial charge in [-0.25, -0.2) is 0 Å². The summed E-state index contributed by atoms with van der Waals surface area (Å²) >= 11 is 0. The molecule has 18 heavy (non-hydrogen) atoms. The summed E-state index contributed by atoms with van der Waals surface area (Å²) in [6.07, 6.45) is 2.32. The first kappa shape index (κ1) is 11.8. The van der Waals surface area contributed by atoms with E-state index in [4.69, 9.17) is 9.47 Å². The van der Waals surface area contributed by atoms with Crippen molar-refractivity contribution >= 4 is 0 Å². The lowest BCUT2D eigenvalue weighted by molar-refractivity contribution is 0.116. The standard InChI is InChI=1S/C14H19NO3/c16-9-12-2-1-5-15(8-12)7-11-3-4-13-14(6-11)18-10-17-13/h3-4,6,12,16H,1-2,5,7-10H2/t12-/m0/s1. The van der Waals surface area contributed by atoms with E-state index < -0.39 is 0 Å². The lowest BCUT2D eigenvalue weighted by atomic mass is 9.98. The third kappa shape index (κ3) is 2.44. The zero-order valence-electron chi connectivity index (χ0n) is 10.5. The molecule has 3 rings (SSSR count). The number of benzene rings is 1. The van der Waals surface area contributed by atoms with E-state index in [1.54, 1.807) is 0 Å². The van der Waals surface area contributed by atoms with Gasteiger partial charge in [0.05, 0.1) is 0 Å². The Morgan fingerprint density at radius 1 is 1.28 bits per heavy atom. The van der Waals surface area contributed by atoms with E-state index in [-0.39, 0.29) is 0 Å². The van der Waals surface area contributed by atoms with Gasteiger partial charge in [0.1, 0.15) is 0 Å². The van der Waals surface area contributed by atoms with Crippen LogP contribution in [0.2, 0.25) is 0 Å². The minimum absolute atomic E-state index is 0.303. The molecule has 0 spiro atoms. The lowest BCUT2D eigenvalue weighted by Crippen LogP contribution is -2.36. The summed E-state index contributed by atoms with van der Waals surface area (Å²) in [6.45, 7) is 3.66. The fraction of sp³-hybridized carbons (Fsp3) is 0.571. The van der Waals surface area contributed by atoms with Crippen LogP contribution in [0.1, 0.15) is 18.4 Å². The average Bonchev–Trinajstić information content (AvgIpc) is 2.86. The molecule has 1 N–H and O–H groups in total. The number of piperidine rings is 1. The number of hydrogen-bond donors (Lipinski definition) is 1. The highest BCUT2D eigenvalue weighted by Gasteiger charge is 2.20. The van der Waals surface area contributed by atoms with Crippen LogP contribution in [0, 0.1) is 5.92 Å². The molecule has 0 bridgehead atoms. The van der Waals surface area contributed by atoms with Crippen LogP contribution in [-0.4, -0.2) is 36.5 Å². The van der Waals surface area contributed by atoms with Crippen molar-refractivity contribution in [1.29, 1.82) is 0 Å². The molecule has 0 radical (unpaired) electrons. The van der Waals surface area contributed by atoms with Crippen molar-refractivity contribution in [1.82, 2.24) is 4.90 Å². The first-order valence-electron chi connectivity index (χ1n) is 6.57. The summed E-state index contributed by atoms with van der Waals surface area (Å²) in [7, 11) is 0. The number of hydrogen-bond acceptors (Lipinski definition) is 4. The number of rotatable bonds is 3. The van der Waals surface area contributed by atoms with Gasteiger partial charge in [-0.15, -0.1) is 0 Å². The summed E-state index contributed by atoms with van der Waals surface area (Å²) in [5, 5.41) is 9.24. The minimum Gasteiger partial charge on any atom is -0.454 e. The maximum Gasteiger partial charge on any atom is 0.231 e. The van der Waals surface area contributed by atoms with Crippen molar-refractivity contribution in [3.05, 3.63) is 23.8 Å². The zero-order valence-corrected chi connectivity index (χ0v) is 10.5. The quantitative estimate of drug-likeness (QED) is 0.884. The Bertz CT molecular complexity index is 422. The summed E-state index contributed by atoms with van der Waals surface area (Å²) < 4.78 is 10.7. The molecule has 1 aromatic carbocycles. The van der Waals surface area contributed by atoms with Gasteiger partial charge >= 0.3 is 0 Å². The molecule has 2 aliphatic heterocycles. The van der Waals surface area contributed by atoms with Crippen molar-refractivity contribution in [3.63, 3.8) is 0 Å². The molecule has 1 saturated heterocycles. The van der Waals surface area contributed by atoms with Gasteiger partial charge in [0.15, 0.2) is 11.5 Å². The number of fused-ring (bicyclic) bond motifs is 1. The van der Waals surface area contributed by atoms with Crippen LogP contribution >= 0.6 is 0 Å². The summed E-state index contributed by atoms with van der Waals surface area (Å²) in [4.78, 5) is 2.40. The number of likely N-dealkylation sites (tertiary alicyclic amines) is 1. The van der Waals surface area contributed by atoms with Gasteiger partial charge in [-0.3, -0.25) is 4.90 Å². The van der Waals surface area contributed by atoms with Gasteiger partial charge in [-0.2, -0.15) is 0 Å². The van der Waals surface area contributed by atoms with Crippen LogP contribution in [0.5, 0.6) is 11.5 Å². The molecule has 0 amide bonds. The second-order valence-corrected chi connectivity index (χ2v) is 5.11. The second-order valence-electron chi connectivity index (χ2n) is 5.11. The topological polar surface area (TPSA) is 41.9 Å². The zero-order chi connectivity index (χ0) is 12.4. The largest absolute Gasteiger partial charge is 0.454 e. The van der Waals surface area contributed by atoms with Crippen molar-refractivity contribution in [2.75, 3.05) is 26.5 Å². The van der Waals surface area contributed by atoms with Gasteiger partial charge in [0, 0.05) is 19.7 Å². The maximum atomic E-state index is 9.24. The van der Waals surface area contributed by atoms with Gasteiger partial charge in [0.25, 0.3) is 0 Å². The smallest absolute Gasteiger partial charge is 0.231 e. The van der Waals surface area contributed by atoms with Gasteiger partial charge < -0.3 is 14.6 Å². The molecule has 0 saturated carbocycles. The summed E-state index contributed by atoms with van der Waals surface area (Å²) in [5.74, 6) is 2.13. The molecule has 1 atom stereocenters. The third-order valence-electron chi connectivity index (χ3n) is 3.70. The molecule has 1 fully saturated rings. The summed E-state index contributed by atoms with van der Waals surface area (Å²) in [5.41, 5.74) is 1.25. The van der Waals surface area contributed by atoms with E-state index in [0.717, 1.165) is 37.6 Å². The summed E-state index contributed by atoms with van der Waals surface area (Å²) in [6, 6.07) is 6.13. The van der Waals surface area contributed by atoms with Crippen LogP contribution in [-0.2, 0) is 6.54 Å². The molecule has 2 aliphatic rings. The van der Waals surface area contributed by atoms with Gasteiger partial charge in [-0.1, -0.05) is 6.07 Å². The van der Waals surface area contributed by atoms with Crippen LogP contribution in [0.3, 0.4) is 0 Å². The van der Waals surface area contributed by atoms with Crippen molar-refractivity contribution < 1.29 is 14.6 Å². The maximum absolute atomic E-state index is 9.24. The third-order valence-corrected chi connectivity index (χ3v) is 3.70. The molecule has 0 aromatic heterocycles. The van der Waals surface area contributed by atoms with Crippen molar-refractivity contribution in [2.45, 2.75) is 19.4 Å². The molecular formula is C14H19NO3. The Kier molecular flexibility index (Phi) is 3.39. The average molecular weight is 249 g/mol. The normalized spacial score (nSPS) is 23.3. The SMILES string of the molecule is OC[C@H]1CCCN(Cc2ccc3c(c2)OCO3)C1. The van der Waals surface area contributed by atoms with E-state index in [1.807, 2.05) is 6.07 Å². The lowest BCUT2D eigenvalue weighted by Gasteiger charge is -2.31. The van der Waals surface area contributed by atoms with Gasteiger partial charge in [0.2, 0.25) is 6.79 Å². The van der Waals surface area contributed by atoms with E-state index in [0.29, 0.717) is 19.3 Å². The predicted octanol–water partition coefficient (Wildman–Crippen LogP) is 1.62. The second kappa shape index (κ2) is 5.16. The number of aliphatic hydroxyl groups is 1. The van der Waals surface area contributed by atoms with E-state index >= 15 is 0 Å². The van der Waals surface area contributed by atoms with Crippen molar-refractivity contribution in [3.8, 4) is 11.5 Å². The Morgan fingerprint density at radius 2 is 2.17 bits per heavy atom. The molecule has 4 heteroatoms. The monoisotopic (exact) mass is 249 g/mol. The highest BCUT2D eigenvalue weighted by molar-refractivity contribution is 5.44. The first-order chi connectivity index (χ1) is 8.85. The highest BCUT2D eigenvalue weighted by Crippen LogP contribution is 2.33. The van der Waals surface area contributed by atoms with Crippen LogP contribution < -0.4 is 9.47 Å².